The van der Waals surface area contributed by atoms with Crippen molar-refractivity contribution in [2.75, 3.05) is 23.8 Å². The number of hydrogen-bond acceptors (Lipinski definition) is 5. The van der Waals surface area contributed by atoms with E-state index in [0.29, 0.717) is 11.0 Å². The molecular weight excluding hydrogens is 399 g/mol. The molecule has 2 rings (SSSR count). The SMILES string of the molecule is NCc1cc(Br)cc(S(=O)(=O)NCC2CSCCS2)c1F. The molecule has 9 heteroatoms. The van der Waals surface area contributed by atoms with Crippen LogP contribution in [0.4, 0.5) is 4.39 Å². The van der Waals surface area contributed by atoms with Crippen LogP contribution in [0.1, 0.15) is 5.56 Å². The van der Waals surface area contributed by atoms with E-state index in [9.17, 15) is 12.8 Å². The van der Waals surface area contributed by atoms with Gasteiger partial charge >= 0.3 is 0 Å². The molecule has 0 radical (unpaired) electrons. The van der Waals surface area contributed by atoms with Gasteiger partial charge in [-0.1, -0.05) is 15.9 Å². The molecule has 3 N–H and O–H groups in total. The Hall–Kier alpha value is 0.200. The number of halogens is 2. The lowest BCUT2D eigenvalue weighted by Gasteiger charge is -2.21. The predicted molar refractivity (Wildman–Crippen MR) is 90.8 cm³/mol. The minimum atomic E-state index is -3.88. The quantitative estimate of drug-likeness (QED) is 0.772. The third kappa shape index (κ3) is 4.59. The van der Waals surface area contributed by atoms with Crippen molar-refractivity contribution < 1.29 is 12.8 Å². The van der Waals surface area contributed by atoms with Crippen LogP contribution in [0.2, 0.25) is 0 Å². The highest BCUT2D eigenvalue weighted by molar-refractivity contribution is 9.10. The van der Waals surface area contributed by atoms with Crippen molar-refractivity contribution in [2.45, 2.75) is 16.7 Å². The number of hydrogen-bond donors (Lipinski definition) is 2. The van der Waals surface area contributed by atoms with Crippen molar-refractivity contribution in [1.82, 2.24) is 4.72 Å². The maximum absolute atomic E-state index is 14.2. The molecule has 0 amide bonds. The number of sulfonamides is 1. The lowest BCUT2D eigenvalue weighted by atomic mass is 10.2. The Kier molecular flexibility index (Phi) is 6.39. The summed E-state index contributed by atoms with van der Waals surface area (Å²) in [6.45, 7) is 0.257. The van der Waals surface area contributed by atoms with Crippen molar-refractivity contribution >= 4 is 49.5 Å². The standard InChI is InChI=1S/C12H16BrFN2O2S3/c13-9-3-8(5-15)12(14)11(4-9)21(17,18)16-6-10-7-19-1-2-20-10/h3-4,10,16H,1-2,5-7,15H2. The summed E-state index contributed by atoms with van der Waals surface area (Å²) in [5, 5.41) is 0.225. The minimum Gasteiger partial charge on any atom is -0.326 e. The molecule has 1 heterocycles. The van der Waals surface area contributed by atoms with E-state index in [2.05, 4.69) is 20.7 Å². The van der Waals surface area contributed by atoms with Gasteiger partial charge in [0, 0.05) is 45.6 Å². The summed E-state index contributed by atoms with van der Waals surface area (Å²) in [6.07, 6.45) is 0. The third-order valence-corrected chi connectivity index (χ3v) is 7.70. The fourth-order valence-electron chi connectivity index (χ4n) is 1.90. The lowest BCUT2D eigenvalue weighted by Crippen LogP contribution is -2.34. The van der Waals surface area contributed by atoms with Crippen LogP contribution >= 0.6 is 39.5 Å². The monoisotopic (exact) mass is 414 g/mol. The summed E-state index contributed by atoms with van der Waals surface area (Å²) in [7, 11) is -3.88. The summed E-state index contributed by atoms with van der Waals surface area (Å²) in [5.41, 5.74) is 5.61. The Morgan fingerprint density at radius 2 is 2.19 bits per heavy atom. The number of benzene rings is 1. The Morgan fingerprint density at radius 1 is 1.43 bits per heavy atom. The third-order valence-electron chi connectivity index (χ3n) is 2.97. The molecule has 1 saturated heterocycles. The zero-order chi connectivity index (χ0) is 15.5. The fourth-order valence-corrected chi connectivity index (χ4v) is 6.50. The van der Waals surface area contributed by atoms with Crippen molar-refractivity contribution in [3.8, 4) is 0 Å². The molecule has 1 aromatic rings. The molecular formula is C12H16BrFN2O2S3. The van der Waals surface area contributed by atoms with Gasteiger partial charge < -0.3 is 5.73 Å². The van der Waals surface area contributed by atoms with Gasteiger partial charge in [-0.25, -0.2) is 17.5 Å². The maximum Gasteiger partial charge on any atom is 0.243 e. The van der Waals surface area contributed by atoms with Gasteiger partial charge in [-0.2, -0.15) is 23.5 Å². The van der Waals surface area contributed by atoms with E-state index in [-0.39, 0.29) is 22.3 Å². The zero-order valence-electron chi connectivity index (χ0n) is 11.1. The van der Waals surface area contributed by atoms with Gasteiger partial charge in [-0.15, -0.1) is 0 Å². The van der Waals surface area contributed by atoms with Gasteiger partial charge in [0.25, 0.3) is 0 Å². The van der Waals surface area contributed by atoms with Gasteiger partial charge in [0.05, 0.1) is 0 Å². The van der Waals surface area contributed by atoms with Crippen molar-refractivity contribution in [1.29, 1.82) is 0 Å². The summed E-state index contributed by atoms with van der Waals surface area (Å²) >= 11 is 6.74. The van der Waals surface area contributed by atoms with Crippen LogP contribution < -0.4 is 10.5 Å². The van der Waals surface area contributed by atoms with E-state index in [0.717, 1.165) is 17.3 Å². The first-order valence-corrected chi connectivity index (χ1v) is 10.8. The maximum atomic E-state index is 14.2. The van der Waals surface area contributed by atoms with Crippen LogP contribution in [-0.4, -0.2) is 37.5 Å². The Morgan fingerprint density at radius 3 is 2.81 bits per heavy atom. The van der Waals surface area contributed by atoms with Gasteiger partial charge in [0.2, 0.25) is 10.0 Å². The van der Waals surface area contributed by atoms with E-state index in [4.69, 9.17) is 5.73 Å². The topological polar surface area (TPSA) is 72.2 Å². The first-order chi connectivity index (χ1) is 9.94. The Balaban J connectivity index is 2.17. The molecule has 1 aromatic carbocycles. The second kappa shape index (κ2) is 7.65. The highest BCUT2D eigenvalue weighted by atomic mass is 79.9. The highest BCUT2D eigenvalue weighted by Crippen LogP contribution is 2.26. The first kappa shape index (κ1) is 17.6. The largest absolute Gasteiger partial charge is 0.326 e. The molecule has 0 aliphatic carbocycles. The van der Waals surface area contributed by atoms with Crippen molar-refractivity contribution in [2.24, 2.45) is 5.73 Å². The molecule has 1 unspecified atom stereocenters. The second-order valence-electron chi connectivity index (χ2n) is 4.50. The molecule has 4 nitrogen and oxygen atoms in total. The minimum absolute atomic E-state index is 0.0527. The van der Waals surface area contributed by atoms with Crippen LogP contribution in [-0.2, 0) is 16.6 Å². The van der Waals surface area contributed by atoms with Crippen molar-refractivity contribution in [3.63, 3.8) is 0 Å². The lowest BCUT2D eigenvalue weighted by molar-refractivity contribution is 0.549. The molecule has 0 bridgehead atoms. The van der Waals surface area contributed by atoms with Crippen LogP contribution in [0.25, 0.3) is 0 Å². The summed E-state index contributed by atoms with van der Waals surface area (Å²) in [5.74, 6) is 2.23. The average molecular weight is 415 g/mol. The molecule has 118 valence electrons. The predicted octanol–water partition coefficient (Wildman–Crippen LogP) is 2.17. The van der Waals surface area contributed by atoms with E-state index >= 15 is 0 Å². The average Bonchev–Trinajstić information content (AvgIpc) is 2.48. The summed E-state index contributed by atoms with van der Waals surface area (Å²) < 4.78 is 41.8. The van der Waals surface area contributed by atoms with E-state index in [1.54, 1.807) is 11.8 Å². The second-order valence-corrected chi connectivity index (χ2v) is 9.71. The van der Waals surface area contributed by atoms with Crippen LogP contribution in [0.15, 0.2) is 21.5 Å². The first-order valence-electron chi connectivity index (χ1n) is 6.31. The van der Waals surface area contributed by atoms with E-state index in [1.807, 2.05) is 11.8 Å². The van der Waals surface area contributed by atoms with Crippen LogP contribution in [0, 0.1) is 5.82 Å². The van der Waals surface area contributed by atoms with Gasteiger partial charge in [-0.05, 0) is 12.1 Å². The molecule has 0 spiro atoms. The van der Waals surface area contributed by atoms with E-state index in [1.165, 1.54) is 12.1 Å². The summed E-state index contributed by atoms with van der Waals surface area (Å²) in [6, 6.07) is 2.75. The Bertz CT molecular complexity index is 607. The molecule has 21 heavy (non-hydrogen) atoms. The number of rotatable bonds is 5. The molecule has 0 saturated carbocycles. The van der Waals surface area contributed by atoms with E-state index < -0.39 is 15.8 Å². The molecule has 0 aromatic heterocycles. The normalized spacial score (nSPS) is 19.7. The summed E-state index contributed by atoms with van der Waals surface area (Å²) in [4.78, 5) is -0.356. The highest BCUT2D eigenvalue weighted by Gasteiger charge is 2.24. The smallest absolute Gasteiger partial charge is 0.243 e. The molecule has 1 fully saturated rings. The van der Waals surface area contributed by atoms with Gasteiger partial charge in [-0.3, -0.25) is 0 Å². The molecule has 1 aliphatic rings. The molecule has 1 atom stereocenters. The van der Waals surface area contributed by atoms with Gasteiger partial charge in [0.1, 0.15) is 10.7 Å². The van der Waals surface area contributed by atoms with Crippen LogP contribution in [0.3, 0.4) is 0 Å². The van der Waals surface area contributed by atoms with Crippen molar-refractivity contribution in [3.05, 3.63) is 28.0 Å². The zero-order valence-corrected chi connectivity index (χ0v) is 15.2. The van der Waals surface area contributed by atoms with Crippen LogP contribution in [0.5, 0.6) is 0 Å². The van der Waals surface area contributed by atoms with Gasteiger partial charge in [0.15, 0.2) is 0 Å². The molecule has 1 aliphatic heterocycles. The Labute approximate surface area is 141 Å². The number of thioether (sulfide) groups is 2. The number of nitrogens with one attached hydrogen (secondary N) is 1. The fraction of sp³-hybridized carbons (Fsp3) is 0.500. The number of nitrogens with two attached hydrogens (primary N) is 1.